The predicted molar refractivity (Wildman–Crippen MR) is 60.7 cm³/mol. The highest BCUT2D eigenvalue weighted by Crippen LogP contribution is 2.39. The molecule has 0 heterocycles. The molecule has 90 valence electrons. The standard InChI is InChI=1S/C12H13NO4/c1-6-4-7(2-3-10(6)14)13-11(15)8-5-9(8)12(16)17/h2-4,8-9,14H,5H2,1H3,(H,13,15)(H,16,17). The van der Waals surface area contributed by atoms with Crippen molar-refractivity contribution in [3.8, 4) is 5.75 Å². The highest BCUT2D eigenvalue weighted by Gasteiger charge is 2.48. The van der Waals surface area contributed by atoms with E-state index in [4.69, 9.17) is 5.11 Å². The Morgan fingerprint density at radius 2 is 2.06 bits per heavy atom. The number of carbonyl (C=O) groups excluding carboxylic acids is 1. The molecule has 1 aliphatic carbocycles. The number of phenols is 1. The molecule has 5 heteroatoms. The van der Waals surface area contributed by atoms with Crippen molar-refractivity contribution in [2.45, 2.75) is 13.3 Å². The van der Waals surface area contributed by atoms with E-state index in [0.29, 0.717) is 17.7 Å². The molecule has 5 nitrogen and oxygen atoms in total. The van der Waals surface area contributed by atoms with Gasteiger partial charge in [-0.2, -0.15) is 0 Å². The van der Waals surface area contributed by atoms with E-state index in [1.165, 1.54) is 6.07 Å². The topological polar surface area (TPSA) is 86.6 Å². The first kappa shape index (κ1) is 11.4. The van der Waals surface area contributed by atoms with Crippen molar-refractivity contribution >= 4 is 17.6 Å². The molecule has 0 aliphatic heterocycles. The first-order valence-corrected chi connectivity index (χ1v) is 5.32. The lowest BCUT2D eigenvalue weighted by atomic mass is 10.2. The van der Waals surface area contributed by atoms with Gasteiger partial charge in [0.25, 0.3) is 0 Å². The smallest absolute Gasteiger partial charge is 0.307 e. The maximum absolute atomic E-state index is 11.6. The maximum Gasteiger partial charge on any atom is 0.307 e. The number of anilines is 1. The van der Waals surface area contributed by atoms with Gasteiger partial charge in [0, 0.05) is 5.69 Å². The lowest BCUT2D eigenvalue weighted by Gasteiger charge is -2.06. The molecular formula is C12H13NO4. The van der Waals surface area contributed by atoms with Gasteiger partial charge in [-0.25, -0.2) is 0 Å². The molecule has 3 N–H and O–H groups in total. The summed E-state index contributed by atoms with van der Waals surface area (Å²) in [5, 5.41) is 20.7. The summed E-state index contributed by atoms with van der Waals surface area (Å²) in [5.74, 6) is -2.01. The summed E-state index contributed by atoms with van der Waals surface area (Å²) in [4.78, 5) is 22.3. The zero-order chi connectivity index (χ0) is 12.6. The summed E-state index contributed by atoms with van der Waals surface area (Å²) in [5.41, 5.74) is 1.23. The fourth-order valence-corrected chi connectivity index (χ4v) is 1.73. The summed E-state index contributed by atoms with van der Waals surface area (Å²) in [6.45, 7) is 1.72. The van der Waals surface area contributed by atoms with Crippen LogP contribution in [-0.2, 0) is 9.59 Å². The van der Waals surface area contributed by atoms with Crippen LogP contribution >= 0.6 is 0 Å². The van der Waals surface area contributed by atoms with E-state index in [9.17, 15) is 14.7 Å². The number of amides is 1. The van der Waals surface area contributed by atoms with Gasteiger partial charge in [0.05, 0.1) is 11.8 Å². The molecule has 0 bridgehead atoms. The van der Waals surface area contributed by atoms with Crippen LogP contribution in [0.3, 0.4) is 0 Å². The third-order valence-corrected chi connectivity index (χ3v) is 2.91. The van der Waals surface area contributed by atoms with Crippen molar-refractivity contribution in [3.63, 3.8) is 0 Å². The number of phenolic OH excluding ortho intramolecular Hbond substituents is 1. The number of rotatable bonds is 3. The van der Waals surface area contributed by atoms with Crippen molar-refractivity contribution in [3.05, 3.63) is 23.8 Å². The Morgan fingerprint density at radius 3 is 2.59 bits per heavy atom. The summed E-state index contributed by atoms with van der Waals surface area (Å²) in [6, 6.07) is 4.72. The normalized spacial score (nSPS) is 21.9. The molecule has 1 aromatic rings. The van der Waals surface area contributed by atoms with Crippen LogP contribution in [-0.4, -0.2) is 22.1 Å². The van der Waals surface area contributed by atoms with Crippen LogP contribution in [0.4, 0.5) is 5.69 Å². The predicted octanol–water partition coefficient (Wildman–Crippen LogP) is 1.36. The molecule has 1 saturated carbocycles. The van der Waals surface area contributed by atoms with E-state index in [2.05, 4.69) is 5.32 Å². The molecule has 1 amide bonds. The lowest BCUT2D eigenvalue weighted by Crippen LogP contribution is -2.16. The Balaban J connectivity index is 2.00. The zero-order valence-corrected chi connectivity index (χ0v) is 9.30. The molecule has 1 fully saturated rings. The fraction of sp³-hybridized carbons (Fsp3) is 0.333. The molecule has 0 spiro atoms. The average molecular weight is 235 g/mol. The van der Waals surface area contributed by atoms with Crippen molar-refractivity contribution in [2.75, 3.05) is 5.32 Å². The van der Waals surface area contributed by atoms with Crippen LogP contribution in [0.25, 0.3) is 0 Å². The van der Waals surface area contributed by atoms with Gasteiger partial charge in [0.2, 0.25) is 5.91 Å². The Hall–Kier alpha value is -2.04. The van der Waals surface area contributed by atoms with E-state index in [0.717, 1.165) is 0 Å². The summed E-state index contributed by atoms with van der Waals surface area (Å²) in [6.07, 6.45) is 0.401. The maximum atomic E-state index is 11.6. The van der Waals surface area contributed by atoms with Gasteiger partial charge in [-0.1, -0.05) is 0 Å². The Kier molecular flexibility index (Phi) is 2.75. The number of hydrogen-bond donors (Lipinski definition) is 3. The number of aliphatic carboxylic acids is 1. The first-order chi connectivity index (χ1) is 7.99. The van der Waals surface area contributed by atoms with Crippen molar-refractivity contribution < 1.29 is 19.8 Å². The molecule has 1 aliphatic rings. The van der Waals surface area contributed by atoms with Crippen LogP contribution in [0.5, 0.6) is 5.75 Å². The average Bonchev–Trinajstić information content (AvgIpc) is 3.03. The van der Waals surface area contributed by atoms with E-state index in [1.807, 2.05) is 0 Å². The molecule has 0 saturated heterocycles. The molecular weight excluding hydrogens is 222 g/mol. The minimum atomic E-state index is -0.924. The number of aryl methyl sites for hydroxylation is 1. The number of carbonyl (C=O) groups is 2. The molecule has 2 unspecified atom stereocenters. The second-order valence-corrected chi connectivity index (χ2v) is 4.28. The molecule has 1 aromatic carbocycles. The quantitative estimate of drug-likeness (QED) is 0.690. The fourth-order valence-electron chi connectivity index (χ4n) is 1.73. The summed E-state index contributed by atoms with van der Waals surface area (Å²) in [7, 11) is 0. The number of nitrogens with one attached hydrogen (secondary N) is 1. The third kappa shape index (κ3) is 2.38. The highest BCUT2D eigenvalue weighted by molar-refractivity contribution is 5.98. The Morgan fingerprint density at radius 1 is 1.35 bits per heavy atom. The van der Waals surface area contributed by atoms with Gasteiger partial charge in [-0.15, -0.1) is 0 Å². The number of aromatic hydroxyl groups is 1. The van der Waals surface area contributed by atoms with E-state index < -0.39 is 17.8 Å². The number of benzene rings is 1. The van der Waals surface area contributed by atoms with Gasteiger partial charge < -0.3 is 15.5 Å². The molecule has 2 rings (SSSR count). The van der Waals surface area contributed by atoms with E-state index in [1.54, 1.807) is 19.1 Å². The zero-order valence-electron chi connectivity index (χ0n) is 9.30. The second kappa shape index (κ2) is 4.08. The largest absolute Gasteiger partial charge is 0.508 e. The van der Waals surface area contributed by atoms with Crippen LogP contribution < -0.4 is 5.32 Å². The molecule has 0 radical (unpaired) electrons. The van der Waals surface area contributed by atoms with Gasteiger partial charge in [0.1, 0.15) is 5.75 Å². The molecule has 2 atom stereocenters. The van der Waals surface area contributed by atoms with Gasteiger partial charge >= 0.3 is 5.97 Å². The van der Waals surface area contributed by atoms with Gasteiger partial charge in [-0.05, 0) is 37.1 Å². The molecule has 0 aromatic heterocycles. The number of carboxylic acids is 1. The Bertz CT molecular complexity index is 483. The lowest BCUT2D eigenvalue weighted by molar-refractivity contribution is -0.139. The van der Waals surface area contributed by atoms with Gasteiger partial charge in [-0.3, -0.25) is 9.59 Å². The van der Waals surface area contributed by atoms with Crippen molar-refractivity contribution in [2.24, 2.45) is 11.8 Å². The van der Waals surface area contributed by atoms with Crippen molar-refractivity contribution in [1.82, 2.24) is 0 Å². The first-order valence-electron chi connectivity index (χ1n) is 5.32. The Labute approximate surface area is 98.1 Å². The van der Waals surface area contributed by atoms with E-state index in [-0.39, 0.29) is 11.7 Å². The van der Waals surface area contributed by atoms with Crippen molar-refractivity contribution in [1.29, 1.82) is 0 Å². The SMILES string of the molecule is Cc1cc(NC(=O)C2CC2C(=O)O)ccc1O. The number of hydrogen-bond acceptors (Lipinski definition) is 3. The minimum Gasteiger partial charge on any atom is -0.508 e. The summed E-state index contributed by atoms with van der Waals surface area (Å²) < 4.78 is 0. The third-order valence-electron chi connectivity index (χ3n) is 2.91. The van der Waals surface area contributed by atoms with Gasteiger partial charge in [0.15, 0.2) is 0 Å². The van der Waals surface area contributed by atoms with E-state index >= 15 is 0 Å². The van der Waals surface area contributed by atoms with Crippen LogP contribution in [0, 0.1) is 18.8 Å². The van der Waals surface area contributed by atoms with Crippen LogP contribution in [0.1, 0.15) is 12.0 Å². The monoisotopic (exact) mass is 235 g/mol. The van der Waals surface area contributed by atoms with Crippen LogP contribution in [0.15, 0.2) is 18.2 Å². The molecule has 17 heavy (non-hydrogen) atoms. The highest BCUT2D eigenvalue weighted by atomic mass is 16.4. The van der Waals surface area contributed by atoms with Crippen LogP contribution in [0.2, 0.25) is 0 Å². The number of carboxylic acid groups (broad SMARTS) is 1. The minimum absolute atomic E-state index is 0.165. The summed E-state index contributed by atoms with van der Waals surface area (Å²) >= 11 is 0. The second-order valence-electron chi connectivity index (χ2n) is 4.28.